The van der Waals surface area contributed by atoms with Crippen molar-refractivity contribution in [2.75, 3.05) is 14.2 Å². The Morgan fingerprint density at radius 3 is 2.45 bits per heavy atom. The summed E-state index contributed by atoms with van der Waals surface area (Å²) < 4.78 is 34.2. The summed E-state index contributed by atoms with van der Waals surface area (Å²) in [4.78, 5) is 23.9. The van der Waals surface area contributed by atoms with E-state index in [1.807, 2.05) is 13.8 Å². The van der Waals surface area contributed by atoms with Crippen LogP contribution in [0.3, 0.4) is 0 Å². The molecule has 7 nitrogen and oxygen atoms in total. The Bertz CT molecular complexity index is 1070. The average molecular weight is 431 g/mol. The number of rotatable bonds is 6. The smallest absolute Gasteiger partial charge is 0.341 e. The fourth-order valence-corrected chi connectivity index (χ4v) is 4.42. The summed E-state index contributed by atoms with van der Waals surface area (Å²) in [6.45, 7) is 3.73. The molecule has 1 aromatic heterocycles. The van der Waals surface area contributed by atoms with Crippen LogP contribution in [-0.4, -0.2) is 42.1 Å². The van der Waals surface area contributed by atoms with Crippen molar-refractivity contribution in [1.82, 2.24) is 4.57 Å². The van der Waals surface area contributed by atoms with Crippen molar-refractivity contribution in [3.8, 4) is 22.8 Å². The summed E-state index contributed by atoms with van der Waals surface area (Å²) in [7, 11) is 3.16. The van der Waals surface area contributed by atoms with E-state index in [1.165, 1.54) is 19.4 Å². The number of hydrogen-bond acceptors (Lipinski definition) is 5. The van der Waals surface area contributed by atoms with Crippen molar-refractivity contribution < 1.29 is 28.5 Å². The van der Waals surface area contributed by atoms with Crippen molar-refractivity contribution in [3.63, 3.8) is 0 Å². The highest BCUT2D eigenvalue weighted by Crippen LogP contribution is 2.49. The number of aromatic nitrogens is 1. The molecule has 31 heavy (non-hydrogen) atoms. The van der Waals surface area contributed by atoms with Gasteiger partial charge in [0.05, 0.1) is 24.9 Å². The molecule has 166 valence electrons. The summed E-state index contributed by atoms with van der Waals surface area (Å²) in [5.41, 5.74) is 0.356. The van der Waals surface area contributed by atoms with Crippen LogP contribution in [0, 0.1) is 5.92 Å². The van der Waals surface area contributed by atoms with E-state index in [9.17, 15) is 14.7 Å². The highest BCUT2D eigenvalue weighted by Gasteiger charge is 2.38. The number of aromatic carboxylic acids is 1. The van der Waals surface area contributed by atoms with Gasteiger partial charge < -0.3 is 23.9 Å². The number of fused-ring (bicyclic) bond motifs is 3. The van der Waals surface area contributed by atoms with Crippen molar-refractivity contribution in [1.29, 1.82) is 0 Å². The van der Waals surface area contributed by atoms with Gasteiger partial charge in [-0.2, -0.15) is 0 Å². The van der Waals surface area contributed by atoms with Crippen LogP contribution in [0.25, 0.3) is 11.3 Å². The molecule has 2 aromatic rings. The standard InChI is InChI=1S/C23H26FNO6/c1-11(2)22-21(24)15-8-20(31-13-5-12(6-13)29-3)19(30-4)7-14(15)17-9-18(26)16(23(27)28)10-25(17)22/h7-13,21-22H,5-6H2,1-4H3,(H,27,28)/t12?,13?,21?,22-/m1/s1. The van der Waals surface area contributed by atoms with E-state index in [4.69, 9.17) is 14.2 Å². The van der Waals surface area contributed by atoms with Crippen LogP contribution >= 0.6 is 0 Å². The molecule has 2 aliphatic rings. The number of pyridine rings is 1. The molecule has 4 rings (SSSR count). The lowest BCUT2D eigenvalue weighted by Crippen LogP contribution is -2.39. The summed E-state index contributed by atoms with van der Waals surface area (Å²) in [5.74, 6) is -0.605. The largest absolute Gasteiger partial charge is 0.493 e. The minimum absolute atomic E-state index is 0.0347. The number of benzene rings is 1. The van der Waals surface area contributed by atoms with E-state index < -0.39 is 23.6 Å². The molecule has 0 spiro atoms. The first kappa shape index (κ1) is 21.4. The van der Waals surface area contributed by atoms with Gasteiger partial charge in [0, 0.05) is 43.3 Å². The zero-order chi connectivity index (χ0) is 22.4. The molecule has 0 saturated heterocycles. The Balaban J connectivity index is 1.84. The van der Waals surface area contributed by atoms with Gasteiger partial charge in [0.2, 0.25) is 0 Å². The molecule has 0 bridgehead atoms. The van der Waals surface area contributed by atoms with E-state index >= 15 is 4.39 Å². The topological polar surface area (TPSA) is 87.0 Å². The van der Waals surface area contributed by atoms with E-state index in [-0.39, 0.29) is 23.7 Å². The minimum atomic E-state index is -1.41. The van der Waals surface area contributed by atoms with Gasteiger partial charge in [0.25, 0.3) is 0 Å². The molecule has 1 N–H and O–H groups in total. The van der Waals surface area contributed by atoms with Gasteiger partial charge in [-0.3, -0.25) is 4.79 Å². The Labute approximate surface area is 179 Å². The van der Waals surface area contributed by atoms with E-state index in [0.717, 1.165) is 12.8 Å². The van der Waals surface area contributed by atoms with Gasteiger partial charge in [-0.15, -0.1) is 0 Å². The van der Waals surface area contributed by atoms with Crippen LogP contribution < -0.4 is 14.9 Å². The Morgan fingerprint density at radius 1 is 1.16 bits per heavy atom. The molecular formula is C23H26FNO6. The predicted molar refractivity (Wildman–Crippen MR) is 112 cm³/mol. The minimum Gasteiger partial charge on any atom is -0.493 e. The molecule has 1 aliphatic carbocycles. The molecule has 1 fully saturated rings. The highest BCUT2D eigenvalue weighted by atomic mass is 19.1. The third-order valence-corrected chi connectivity index (χ3v) is 6.20. The maximum Gasteiger partial charge on any atom is 0.341 e. The lowest BCUT2D eigenvalue weighted by atomic mass is 9.85. The van der Waals surface area contributed by atoms with Gasteiger partial charge >= 0.3 is 5.97 Å². The molecule has 1 aromatic carbocycles. The summed E-state index contributed by atoms with van der Waals surface area (Å²) >= 11 is 0. The second-order valence-corrected chi connectivity index (χ2v) is 8.44. The highest BCUT2D eigenvalue weighted by molar-refractivity contribution is 5.88. The van der Waals surface area contributed by atoms with Gasteiger partial charge in [-0.1, -0.05) is 13.8 Å². The lowest BCUT2D eigenvalue weighted by Gasteiger charge is -2.37. The van der Waals surface area contributed by atoms with Crippen LogP contribution in [0.2, 0.25) is 0 Å². The van der Waals surface area contributed by atoms with Gasteiger partial charge in [0.1, 0.15) is 17.8 Å². The summed E-state index contributed by atoms with van der Waals surface area (Å²) in [5, 5.41) is 9.37. The number of ether oxygens (including phenoxy) is 3. The van der Waals surface area contributed by atoms with Crippen LogP contribution in [0.1, 0.15) is 54.8 Å². The van der Waals surface area contributed by atoms with Gasteiger partial charge in [-0.05, 0) is 18.1 Å². The maximum absolute atomic E-state index is 15.8. The van der Waals surface area contributed by atoms with Crippen molar-refractivity contribution in [3.05, 3.63) is 45.7 Å². The molecule has 1 aliphatic heterocycles. The zero-order valence-electron chi connectivity index (χ0n) is 17.9. The molecule has 8 heteroatoms. The SMILES string of the molecule is COc1cc2c(cc1OC1CC(OC)C1)C(F)[C@@H](C(C)C)n1cc(C(=O)O)c(=O)cc1-2. The molecule has 1 saturated carbocycles. The van der Waals surface area contributed by atoms with Crippen LogP contribution in [0.15, 0.2) is 29.2 Å². The number of halogens is 1. The first-order valence-electron chi connectivity index (χ1n) is 10.3. The summed E-state index contributed by atoms with van der Waals surface area (Å²) in [6.07, 6.45) is 1.47. The Hall–Kier alpha value is -2.87. The quantitative estimate of drug-likeness (QED) is 0.744. The number of alkyl halides is 1. The van der Waals surface area contributed by atoms with Gasteiger partial charge in [-0.25, -0.2) is 9.18 Å². The second kappa shape index (κ2) is 8.00. The molecular weight excluding hydrogens is 405 g/mol. The molecule has 2 heterocycles. The fourth-order valence-electron chi connectivity index (χ4n) is 4.42. The first-order chi connectivity index (χ1) is 14.7. The van der Waals surface area contributed by atoms with Crippen molar-refractivity contribution in [2.45, 2.75) is 51.1 Å². The zero-order valence-corrected chi connectivity index (χ0v) is 17.9. The number of carboxylic acid groups (broad SMARTS) is 1. The van der Waals surface area contributed by atoms with Crippen molar-refractivity contribution >= 4 is 5.97 Å². The Kier molecular flexibility index (Phi) is 5.51. The van der Waals surface area contributed by atoms with Crippen LogP contribution in [0.4, 0.5) is 4.39 Å². The normalized spacial score (nSPS) is 24.2. The molecule has 0 amide bonds. The van der Waals surface area contributed by atoms with E-state index in [1.54, 1.807) is 23.8 Å². The second-order valence-electron chi connectivity index (χ2n) is 8.44. The molecule has 0 radical (unpaired) electrons. The van der Waals surface area contributed by atoms with Crippen molar-refractivity contribution in [2.24, 2.45) is 5.92 Å². The molecule has 1 unspecified atom stereocenters. The number of methoxy groups -OCH3 is 2. The summed E-state index contributed by atoms with van der Waals surface area (Å²) in [6, 6.07) is 3.90. The Morgan fingerprint density at radius 2 is 1.87 bits per heavy atom. The average Bonchev–Trinajstić information content (AvgIpc) is 2.69. The van der Waals surface area contributed by atoms with Crippen LogP contribution in [-0.2, 0) is 4.74 Å². The van der Waals surface area contributed by atoms with E-state index in [2.05, 4.69) is 0 Å². The number of hydrogen-bond donors (Lipinski definition) is 1. The molecule has 2 atom stereocenters. The van der Waals surface area contributed by atoms with Gasteiger partial charge in [0.15, 0.2) is 16.9 Å². The van der Waals surface area contributed by atoms with E-state index in [0.29, 0.717) is 28.3 Å². The lowest BCUT2D eigenvalue weighted by molar-refractivity contribution is -0.0388. The maximum atomic E-state index is 15.8. The first-order valence-corrected chi connectivity index (χ1v) is 10.3. The monoisotopic (exact) mass is 431 g/mol. The number of carbonyl (C=O) groups is 1. The number of nitrogens with zero attached hydrogens (tertiary/aromatic N) is 1. The fraction of sp³-hybridized carbons (Fsp3) is 0.478. The van der Waals surface area contributed by atoms with Crippen LogP contribution in [0.5, 0.6) is 11.5 Å². The number of carboxylic acids is 1. The predicted octanol–water partition coefficient (Wildman–Crippen LogP) is 4.00. The third kappa shape index (κ3) is 3.59. The third-order valence-electron chi connectivity index (χ3n) is 6.20.